The van der Waals surface area contributed by atoms with Crippen LogP contribution in [-0.4, -0.2) is 38.3 Å². The van der Waals surface area contributed by atoms with Gasteiger partial charge in [-0.3, -0.25) is 4.99 Å². The van der Waals surface area contributed by atoms with Crippen LogP contribution in [0.4, 0.5) is 0 Å². The predicted octanol–water partition coefficient (Wildman–Crippen LogP) is 3.59. The summed E-state index contributed by atoms with van der Waals surface area (Å²) in [5, 5.41) is 6.77. The fraction of sp³-hybridized carbons (Fsp3) is 0.688. The molecule has 1 heterocycles. The molecule has 2 N–H and O–H groups in total. The Morgan fingerprint density at radius 2 is 2.14 bits per heavy atom. The molecule has 22 heavy (non-hydrogen) atoms. The maximum atomic E-state index is 5.33. The molecular formula is C16H30IN3OS. The first-order valence-corrected chi connectivity index (χ1v) is 8.65. The summed E-state index contributed by atoms with van der Waals surface area (Å²) < 4.78 is 5.33. The van der Waals surface area contributed by atoms with Crippen molar-refractivity contribution >= 4 is 41.3 Å². The van der Waals surface area contributed by atoms with Gasteiger partial charge in [-0.25, -0.2) is 0 Å². The third kappa shape index (κ3) is 9.63. The van der Waals surface area contributed by atoms with Gasteiger partial charge in [-0.2, -0.15) is 0 Å². The number of aliphatic imine (C=N–C) groups is 1. The van der Waals surface area contributed by atoms with Gasteiger partial charge in [0.25, 0.3) is 0 Å². The Balaban J connectivity index is 0.00000441. The van der Waals surface area contributed by atoms with Gasteiger partial charge < -0.3 is 15.4 Å². The quantitative estimate of drug-likeness (QED) is 0.268. The van der Waals surface area contributed by atoms with Crippen LogP contribution in [0.5, 0.6) is 0 Å². The van der Waals surface area contributed by atoms with E-state index < -0.39 is 0 Å². The normalized spacial score (nSPS) is 12.6. The van der Waals surface area contributed by atoms with Crippen LogP contribution in [0.3, 0.4) is 0 Å². The number of aryl methyl sites for hydroxylation is 1. The summed E-state index contributed by atoms with van der Waals surface area (Å²) in [6, 6.07) is 4.76. The van der Waals surface area contributed by atoms with Crippen molar-refractivity contribution < 1.29 is 4.74 Å². The zero-order chi connectivity index (χ0) is 15.5. The molecule has 0 fully saturated rings. The lowest BCUT2D eigenvalue weighted by atomic mass is 10.2. The smallest absolute Gasteiger partial charge is 0.191 e. The summed E-state index contributed by atoms with van der Waals surface area (Å²) >= 11 is 1.87. The molecule has 4 nitrogen and oxygen atoms in total. The average molecular weight is 439 g/mol. The molecule has 0 radical (unpaired) electrons. The minimum atomic E-state index is 0. The first kappa shape index (κ1) is 21.7. The van der Waals surface area contributed by atoms with Gasteiger partial charge in [0.05, 0.1) is 0 Å². The first-order chi connectivity index (χ1) is 10.2. The maximum Gasteiger partial charge on any atom is 0.191 e. The number of thiophene rings is 1. The molecule has 0 saturated heterocycles. The number of hydrogen-bond acceptors (Lipinski definition) is 3. The molecule has 1 aromatic heterocycles. The number of hydrogen-bond donors (Lipinski definition) is 2. The summed E-state index contributed by atoms with van der Waals surface area (Å²) in [6.45, 7) is 11.7. The van der Waals surface area contributed by atoms with Crippen LogP contribution in [0.15, 0.2) is 17.1 Å². The summed E-state index contributed by atoms with van der Waals surface area (Å²) in [5.74, 6) is 0.898. The Morgan fingerprint density at radius 3 is 2.73 bits per heavy atom. The third-order valence-electron chi connectivity index (χ3n) is 2.95. The van der Waals surface area contributed by atoms with Gasteiger partial charge in [-0.15, -0.1) is 35.3 Å². The number of rotatable bonds is 9. The molecule has 0 aliphatic rings. The van der Waals surface area contributed by atoms with E-state index in [9.17, 15) is 0 Å². The maximum absolute atomic E-state index is 5.33. The third-order valence-corrected chi connectivity index (χ3v) is 3.97. The molecule has 1 rings (SSSR count). The second kappa shape index (κ2) is 13.1. The second-order valence-corrected chi connectivity index (χ2v) is 6.45. The van der Waals surface area contributed by atoms with Crippen LogP contribution in [0, 0.1) is 6.92 Å². The minimum Gasteiger partial charge on any atom is -0.382 e. The van der Waals surface area contributed by atoms with Crippen molar-refractivity contribution in [2.45, 2.75) is 46.6 Å². The second-order valence-electron chi connectivity index (χ2n) is 5.07. The highest BCUT2D eigenvalue weighted by Crippen LogP contribution is 2.16. The number of nitrogens with one attached hydrogen (secondary N) is 2. The standard InChI is InChI=1S/C16H29N3OS.HI/c1-5-17-16(18-10-7-11-20-6-2)19-13(3)12-15-9-8-14(4)21-15;/h8-9,13H,5-7,10-12H2,1-4H3,(H2,17,18,19);1H. The summed E-state index contributed by atoms with van der Waals surface area (Å²) in [7, 11) is 0. The lowest BCUT2D eigenvalue weighted by Gasteiger charge is -2.17. The zero-order valence-electron chi connectivity index (χ0n) is 14.1. The molecule has 128 valence electrons. The molecule has 6 heteroatoms. The van der Waals surface area contributed by atoms with Crippen LogP contribution in [0.1, 0.15) is 36.9 Å². The van der Waals surface area contributed by atoms with Crippen molar-refractivity contribution in [3.63, 3.8) is 0 Å². The van der Waals surface area contributed by atoms with Crippen molar-refractivity contribution in [3.05, 3.63) is 21.9 Å². The van der Waals surface area contributed by atoms with Gasteiger partial charge in [-0.05, 0) is 46.2 Å². The highest BCUT2D eigenvalue weighted by molar-refractivity contribution is 14.0. The fourth-order valence-electron chi connectivity index (χ4n) is 2.00. The number of guanidine groups is 1. The van der Waals surface area contributed by atoms with E-state index in [1.165, 1.54) is 9.75 Å². The van der Waals surface area contributed by atoms with E-state index in [2.05, 4.69) is 48.5 Å². The van der Waals surface area contributed by atoms with Crippen LogP contribution >= 0.6 is 35.3 Å². The molecule has 0 saturated carbocycles. The first-order valence-electron chi connectivity index (χ1n) is 7.83. The van der Waals surface area contributed by atoms with E-state index in [1.54, 1.807) is 0 Å². The summed E-state index contributed by atoms with van der Waals surface area (Å²) in [5.41, 5.74) is 0. The Kier molecular flexibility index (Phi) is 12.9. The van der Waals surface area contributed by atoms with Crippen molar-refractivity contribution in [2.24, 2.45) is 4.99 Å². The molecule has 0 spiro atoms. The highest BCUT2D eigenvalue weighted by Gasteiger charge is 2.07. The van der Waals surface area contributed by atoms with Gasteiger partial charge in [0.2, 0.25) is 0 Å². The molecule has 1 aromatic rings. The molecular weight excluding hydrogens is 409 g/mol. The highest BCUT2D eigenvalue weighted by atomic mass is 127. The van der Waals surface area contributed by atoms with Crippen LogP contribution in [0.25, 0.3) is 0 Å². The molecule has 1 atom stereocenters. The predicted molar refractivity (Wildman–Crippen MR) is 108 cm³/mol. The monoisotopic (exact) mass is 439 g/mol. The van der Waals surface area contributed by atoms with E-state index in [0.29, 0.717) is 6.04 Å². The Hall–Kier alpha value is -0.340. The summed E-state index contributed by atoms with van der Waals surface area (Å²) in [6.07, 6.45) is 1.99. The topological polar surface area (TPSA) is 45.7 Å². The Morgan fingerprint density at radius 1 is 1.36 bits per heavy atom. The molecule has 0 aliphatic carbocycles. The molecule has 1 unspecified atom stereocenters. The molecule has 0 amide bonds. The van der Waals surface area contributed by atoms with E-state index >= 15 is 0 Å². The Labute approximate surface area is 156 Å². The van der Waals surface area contributed by atoms with Crippen molar-refractivity contribution in [1.29, 1.82) is 0 Å². The van der Waals surface area contributed by atoms with Gasteiger partial charge >= 0.3 is 0 Å². The van der Waals surface area contributed by atoms with Gasteiger partial charge in [0.15, 0.2) is 5.96 Å². The molecule has 0 bridgehead atoms. The zero-order valence-corrected chi connectivity index (χ0v) is 17.3. The van der Waals surface area contributed by atoms with E-state index in [0.717, 1.165) is 45.1 Å². The van der Waals surface area contributed by atoms with Crippen LogP contribution in [-0.2, 0) is 11.2 Å². The number of nitrogens with zero attached hydrogens (tertiary/aromatic N) is 1. The van der Waals surface area contributed by atoms with Crippen molar-refractivity contribution in [1.82, 2.24) is 10.6 Å². The van der Waals surface area contributed by atoms with Crippen LogP contribution < -0.4 is 10.6 Å². The number of ether oxygens (including phenoxy) is 1. The van der Waals surface area contributed by atoms with Gasteiger partial charge in [0, 0.05) is 48.5 Å². The van der Waals surface area contributed by atoms with Crippen LogP contribution in [0.2, 0.25) is 0 Å². The minimum absolute atomic E-state index is 0. The molecule has 0 aliphatic heterocycles. The Bertz CT molecular complexity index is 423. The van der Waals surface area contributed by atoms with Crippen molar-refractivity contribution in [2.75, 3.05) is 26.3 Å². The van der Waals surface area contributed by atoms with E-state index in [1.807, 2.05) is 18.3 Å². The fourth-order valence-corrected chi connectivity index (χ4v) is 3.02. The largest absolute Gasteiger partial charge is 0.382 e. The van der Waals surface area contributed by atoms with E-state index in [-0.39, 0.29) is 24.0 Å². The van der Waals surface area contributed by atoms with E-state index in [4.69, 9.17) is 4.74 Å². The number of halogens is 1. The van der Waals surface area contributed by atoms with Crippen molar-refractivity contribution in [3.8, 4) is 0 Å². The lowest BCUT2D eigenvalue weighted by molar-refractivity contribution is 0.146. The average Bonchev–Trinajstić information content (AvgIpc) is 2.83. The lowest BCUT2D eigenvalue weighted by Crippen LogP contribution is -2.43. The SMILES string of the molecule is CCNC(=NCCCOCC)NC(C)Cc1ccc(C)s1.I. The van der Waals surface area contributed by atoms with Gasteiger partial charge in [-0.1, -0.05) is 0 Å². The summed E-state index contributed by atoms with van der Waals surface area (Å²) in [4.78, 5) is 7.38. The van der Waals surface area contributed by atoms with Gasteiger partial charge in [0.1, 0.15) is 0 Å². The molecule has 0 aromatic carbocycles.